The Labute approximate surface area is 166 Å². The van der Waals surface area contributed by atoms with Gasteiger partial charge in [-0.05, 0) is 50.7 Å². The lowest BCUT2D eigenvalue weighted by molar-refractivity contribution is 0.178. The summed E-state index contributed by atoms with van der Waals surface area (Å²) in [6.07, 6.45) is 1.89. The topological polar surface area (TPSA) is 53.5 Å². The number of hydrogen-bond acceptors (Lipinski definition) is 6. The van der Waals surface area contributed by atoms with Crippen molar-refractivity contribution in [3.05, 3.63) is 48.2 Å². The Morgan fingerprint density at radius 2 is 1.89 bits per heavy atom. The van der Waals surface area contributed by atoms with E-state index in [2.05, 4.69) is 64.6 Å². The Morgan fingerprint density at radius 1 is 1.07 bits per heavy atom. The average Bonchev–Trinajstić information content (AvgIpc) is 2.71. The van der Waals surface area contributed by atoms with E-state index in [1.165, 1.54) is 5.56 Å². The fraction of sp³-hybridized carbons (Fsp3) is 0.364. The van der Waals surface area contributed by atoms with Crippen molar-refractivity contribution >= 4 is 16.9 Å². The standard InChI is InChI=1S/C22H27N5O/c1-4-28-21-8-5-16(2)13-19(21)17-6-7-20-18(14-17)15-23-22(24-20)25-27-11-9-26(3)10-12-27/h5-8,13-15H,4,9-12H2,1-3H3,(H,23,24,25). The molecule has 0 atom stereocenters. The maximum absolute atomic E-state index is 5.82. The van der Waals surface area contributed by atoms with Gasteiger partial charge in [-0.1, -0.05) is 17.7 Å². The average molecular weight is 377 g/mol. The number of aryl methyl sites for hydroxylation is 1. The van der Waals surface area contributed by atoms with Crippen LogP contribution in [0.1, 0.15) is 12.5 Å². The Kier molecular flexibility index (Phi) is 5.41. The van der Waals surface area contributed by atoms with Crippen molar-refractivity contribution in [2.45, 2.75) is 13.8 Å². The van der Waals surface area contributed by atoms with E-state index in [-0.39, 0.29) is 0 Å². The van der Waals surface area contributed by atoms with Crippen molar-refractivity contribution in [2.75, 3.05) is 45.3 Å². The first-order valence-corrected chi connectivity index (χ1v) is 9.83. The molecule has 0 aliphatic carbocycles. The number of ether oxygens (including phenoxy) is 1. The third-order valence-electron chi connectivity index (χ3n) is 5.09. The van der Waals surface area contributed by atoms with Gasteiger partial charge < -0.3 is 9.64 Å². The van der Waals surface area contributed by atoms with Crippen molar-refractivity contribution in [3.8, 4) is 16.9 Å². The van der Waals surface area contributed by atoms with Crippen molar-refractivity contribution in [2.24, 2.45) is 0 Å². The fourth-order valence-corrected chi connectivity index (χ4v) is 3.47. The lowest BCUT2D eigenvalue weighted by Gasteiger charge is -2.32. The quantitative estimate of drug-likeness (QED) is 0.734. The number of fused-ring (bicyclic) bond motifs is 1. The Balaban J connectivity index is 1.60. The molecule has 1 fully saturated rings. The van der Waals surface area contributed by atoms with E-state index in [1.807, 2.05) is 19.2 Å². The summed E-state index contributed by atoms with van der Waals surface area (Å²) in [7, 11) is 2.15. The maximum Gasteiger partial charge on any atom is 0.238 e. The number of likely N-dealkylation sites (N-methyl/N-ethyl adjacent to an activating group) is 1. The number of anilines is 1. The minimum Gasteiger partial charge on any atom is -0.493 e. The van der Waals surface area contributed by atoms with Crippen LogP contribution in [0, 0.1) is 6.92 Å². The summed E-state index contributed by atoms with van der Waals surface area (Å²) >= 11 is 0. The van der Waals surface area contributed by atoms with Crippen LogP contribution < -0.4 is 10.2 Å². The van der Waals surface area contributed by atoms with E-state index in [0.29, 0.717) is 12.6 Å². The highest BCUT2D eigenvalue weighted by Gasteiger charge is 2.15. The summed E-state index contributed by atoms with van der Waals surface area (Å²) < 4.78 is 5.82. The summed E-state index contributed by atoms with van der Waals surface area (Å²) in [5, 5.41) is 3.20. The monoisotopic (exact) mass is 377 g/mol. The van der Waals surface area contributed by atoms with Crippen LogP contribution in [0.3, 0.4) is 0 Å². The van der Waals surface area contributed by atoms with E-state index in [1.54, 1.807) is 0 Å². The molecule has 0 amide bonds. The van der Waals surface area contributed by atoms with Gasteiger partial charge in [0.25, 0.3) is 0 Å². The van der Waals surface area contributed by atoms with Crippen LogP contribution >= 0.6 is 0 Å². The van der Waals surface area contributed by atoms with Crippen LogP contribution in [-0.2, 0) is 0 Å². The number of aromatic nitrogens is 2. The minimum atomic E-state index is 0.647. The number of nitrogens with zero attached hydrogens (tertiary/aromatic N) is 4. The molecule has 0 radical (unpaired) electrons. The highest BCUT2D eigenvalue weighted by Crippen LogP contribution is 2.32. The third kappa shape index (κ3) is 4.08. The predicted molar refractivity (Wildman–Crippen MR) is 114 cm³/mol. The number of nitrogens with one attached hydrogen (secondary N) is 1. The molecule has 0 spiro atoms. The van der Waals surface area contributed by atoms with Gasteiger partial charge >= 0.3 is 0 Å². The number of hydrogen-bond donors (Lipinski definition) is 1. The van der Waals surface area contributed by atoms with Crippen LogP contribution in [0.4, 0.5) is 5.95 Å². The molecule has 0 unspecified atom stereocenters. The minimum absolute atomic E-state index is 0.647. The van der Waals surface area contributed by atoms with Gasteiger partial charge in [-0.2, -0.15) is 0 Å². The van der Waals surface area contributed by atoms with E-state index in [4.69, 9.17) is 9.72 Å². The Hall–Kier alpha value is -2.70. The largest absolute Gasteiger partial charge is 0.493 e. The summed E-state index contributed by atoms with van der Waals surface area (Å²) in [4.78, 5) is 11.5. The first-order chi connectivity index (χ1) is 13.6. The van der Waals surface area contributed by atoms with Crippen LogP contribution in [0.2, 0.25) is 0 Å². The van der Waals surface area contributed by atoms with E-state index in [0.717, 1.165) is 54.0 Å². The SMILES string of the molecule is CCOc1ccc(C)cc1-c1ccc2nc(NN3CCN(C)CC3)ncc2c1. The fourth-order valence-electron chi connectivity index (χ4n) is 3.47. The van der Waals surface area contributed by atoms with Crippen LogP contribution in [0.15, 0.2) is 42.6 Å². The molecule has 1 aromatic heterocycles. The molecule has 1 aliphatic rings. The van der Waals surface area contributed by atoms with Crippen molar-refractivity contribution in [1.82, 2.24) is 19.9 Å². The zero-order valence-electron chi connectivity index (χ0n) is 16.8. The second kappa shape index (κ2) is 8.12. The number of benzene rings is 2. The predicted octanol–water partition coefficient (Wildman–Crippen LogP) is 3.58. The molecule has 3 aromatic rings. The van der Waals surface area contributed by atoms with Crippen molar-refractivity contribution in [3.63, 3.8) is 0 Å². The molecular formula is C22H27N5O. The van der Waals surface area contributed by atoms with E-state index in [9.17, 15) is 0 Å². The molecule has 1 N–H and O–H groups in total. The van der Waals surface area contributed by atoms with E-state index < -0.39 is 0 Å². The molecule has 146 valence electrons. The molecule has 6 heteroatoms. The van der Waals surface area contributed by atoms with Gasteiger partial charge in [-0.25, -0.2) is 15.0 Å². The van der Waals surface area contributed by atoms with Crippen LogP contribution in [0.5, 0.6) is 5.75 Å². The van der Waals surface area contributed by atoms with Gasteiger partial charge in [-0.15, -0.1) is 0 Å². The molecule has 0 saturated carbocycles. The summed E-state index contributed by atoms with van der Waals surface area (Å²) in [5.74, 6) is 1.55. The van der Waals surface area contributed by atoms with E-state index >= 15 is 0 Å². The van der Waals surface area contributed by atoms with Gasteiger partial charge in [0.15, 0.2) is 0 Å². The first kappa shape index (κ1) is 18.7. The number of rotatable bonds is 5. The normalized spacial score (nSPS) is 15.7. The lowest BCUT2D eigenvalue weighted by Crippen LogP contribution is -2.47. The lowest BCUT2D eigenvalue weighted by atomic mass is 10.0. The van der Waals surface area contributed by atoms with Gasteiger partial charge in [0.1, 0.15) is 5.75 Å². The summed E-state index contributed by atoms with van der Waals surface area (Å²) in [5.41, 5.74) is 7.69. The molecule has 1 saturated heterocycles. The van der Waals surface area contributed by atoms with Crippen LogP contribution in [-0.4, -0.2) is 59.7 Å². The number of piperazine rings is 1. The smallest absolute Gasteiger partial charge is 0.238 e. The van der Waals surface area contributed by atoms with Gasteiger partial charge in [0.05, 0.1) is 12.1 Å². The zero-order valence-corrected chi connectivity index (χ0v) is 16.8. The van der Waals surface area contributed by atoms with Gasteiger partial charge in [0, 0.05) is 43.3 Å². The second-order valence-corrected chi connectivity index (χ2v) is 7.30. The molecule has 1 aliphatic heterocycles. The second-order valence-electron chi connectivity index (χ2n) is 7.30. The Morgan fingerprint density at radius 3 is 2.68 bits per heavy atom. The maximum atomic E-state index is 5.82. The number of hydrazine groups is 1. The van der Waals surface area contributed by atoms with Gasteiger partial charge in [0.2, 0.25) is 5.95 Å². The van der Waals surface area contributed by atoms with Crippen LogP contribution in [0.25, 0.3) is 22.0 Å². The van der Waals surface area contributed by atoms with Gasteiger partial charge in [-0.3, -0.25) is 5.43 Å². The Bertz CT molecular complexity index is 966. The molecule has 2 aromatic carbocycles. The third-order valence-corrected chi connectivity index (χ3v) is 5.09. The zero-order chi connectivity index (χ0) is 19.5. The molecule has 0 bridgehead atoms. The molecule has 4 rings (SSSR count). The summed E-state index contributed by atoms with van der Waals surface area (Å²) in [6, 6.07) is 12.6. The molecule has 28 heavy (non-hydrogen) atoms. The van der Waals surface area contributed by atoms with Crippen molar-refractivity contribution < 1.29 is 4.74 Å². The highest BCUT2D eigenvalue weighted by molar-refractivity contribution is 5.86. The van der Waals surface area contributed by atoms with Crippen molar-refractivity contribution in [1.29, 1.82) is 0 Å². The molecule has 6 nitrogen and oxygen atoms in total. The highest BCUT2D eigenvalue weighted by atomic mass is 16.5. The first-order valence-electron chi connectivity index (χ1n) is 9.83. The summed E-state index contributed by atoms with van der Waals surface area (Å²) in [6.45, 7) is 8.76. The molecule has 2 heterocycles. The molecular weight excluding hydrogens is 350 g/mol.